The summed E-state index contributed by atoms with van der Waals surface area (Å²) in [5.74, 6) is 0.767. The molecule has 152 valence electrons. The second-order valence-corrected chi connectivity index (χ2v) is 8.50. The van der Waals surface area contributed by atoms with Crippen molar-refractivity contribution in [1.82, 2.24) is 14.7 Å². The first kappa shape index (κ1) is 20.4. The molecule has 1 aliphatic heterocycles. The van der Waals surface area contributed by atoms with Crippen LogP contribution in [0.25, 0.3) is 23.0 Å². The van der Waals surface area contributed by atoms with Crippen LogP contribution in [0, 0.1) is 6.92 Å². The Bertz CT molecular complexity index is 1150. The number of thiocarbonyl (C=S) groups is 1. The lowest BCUT2D eigenvalue weighted by molar-refractivity contribution is -0.121. The average Bonchev–Trinajstić information content (AvgIpc) is 3.29. The van der Waals surface area contributed by atoms with Crippen molar-refractivity contribution in [2.75, 3.05) is 13.7 Å². The lowest BCUT2D eigenvalue weighted by atomic mass is 10.0. The Kier molecular flexibility index (Phi) is 5.74. The number of aromatic nitrogens is 2. The van der Waals surface area contributed by atoms with E-state index in [0.717, 1.165) is 33.8 Å². The fourth-order valence-corrected chi connectivity index (χ4v) is 4.74. The molecule has 7 heteroatoms. The van der Waals surface area contributed by atoms with Gasteiger partial charge in [0, 0.05) is 23.9 Å². The third-order valence-electron chi connectivity index (χ3n) is 4.91. The molecule has 1 aromatic heterocycles. The number of methoxy groups -OCH3 is 1. The summed E-state index contributed by atoms with van der Waals surface area (Å²) in [7, 11) is 1.66. The van der Waals surface area contributed by atoms with Crippen LogP contribution in [0.2, 0.25) is 0 Å². The maximum absolute atomic E-state index is 12.7. The molecule has 2 heterocycles. The number of aryl methyl sites for hydroxylation is 1. The van der Waals surface area contributed by atoms with Crippen LogP contribution in [0.4, 0.5) is 0 Å². The van der Waals surface area contributed by atoms with E-state index in [1.165, 1.54) is 11.8 Å². The van der Waals surface area contributed by atoms with Crippen molar-refractivity contribution in [3.63, 3.8) is 0 Å². The molecule has 1 saturated heterocycles. The number of ether oxygens (including phenoxy) is 1. The number of hydrogen-bond donors (Lipinski definition) is 0. The minimum absolute atomic E-state index is 0.0585. The minimum Gasteiger partial charge on any atom is -0.496 e. The summed E-state index contributed by atoms with van der Waals surface area (Å²) < 4.78 is 7.82. The zero-order valence-corrected chi connectivity index (χ0v) is 18.6. The largest absolute Gasteiger partial charge is 0.496 e. The van der Waals surface area contributed by atoms with E-state index in [9.17, 15) is 4.79 Å². The van der Waals surface area contributed by atoms with Gasteiger partial charge in [-0.1, -0.05) is 42.2 Å². The van der Waals surface area contributed by atoms with Gasteiger partial charge in [0.25, 0.3) is 5.91 Å². The number of likely N-dealkylation sites (N-methyl/N-ethyl adjacent to an activating group) is 1. The maximum atomic E-state index is 12.7. The zero-order chi connectivity index (χ0) is 21.3. The molecule has 1 fully saturated rings. The highest BCUT2D eigenvalue weighted by atomic mass is 32.2. The first-order valence-electron chi connectivity index (χ1n) is 9.57. The van der Waals surface area contributed by atoms with Crippen LogP contribution in [-0.4, -0.2) is 38.6 Å². The molecule has 5 nitrogen and oxygen atoms in total. The number of nitrogens with zero attached hydrogens (tertiary/aromatic N) is 3. The molecule has 0 bridgehead atoms. The van der Waals surface area contributed by atoms with Crippen LogP contribution in [0.3, 0.4) is 0 Å². The molecule has 0 spiro atoms. The summed E-state index contributed by atoms with van der Waals surface area (Å²) in [6, 6.07) is 15.9. The van der Waals surface area contributed by atoms with Crippen LogP contribution in [0.15, 0.2) is 59.6 Å². The third-order valence-corrected chi connectivity index (χ3v) is 6.29. The Morgan fingerprint density at radius 2 is 1.97 bits per heavy atom. The number of carbonyl (C=O) groups excluding carboxylic acids is 1. The average molecular weight is 436 g/mol. The molecule has 3 aromatic rings. The smallest absolute Gasteiger partial charge is 0.266 e. The minimum atomic E-state index is -0.0585. The quantitative estimate of drug-likeness (QED) is 0.413. The van der Waals surface area contributed by atoms with Crippen LogP contribution in [-0.2, 0) is 4.79 Å². The second kappa shape index (κ2) is 8.45. The van der Waals surface area contributed by atoms with Gasteiger partial charge in [0.2, 0.25) is 0 Å². The number of carbonyl (C=O) groups is 1. The van der Waals surface area contributed by atoms with Gasteiger partial charge in [-0.25, -0.2) is 4.68 Å². The number of thioether (sulfide) groups is 1. The van der Waals surface area contributed by atoms with E-state index in [1.54, 1.807) is 12.0 Å². The molecule has 30 heavy (non-hydrogen) atoms. The first-order valence-corrected chi connectivity index (χ1v) is 10.8. The summed E-state index contributed by atoms with van der Waals surface area (Å²) >= 11 is 6.69. The standard InChI is InChI=1S/C23H21N3O2S2/c1-4-25-22(27)20(30-23(25)29)13-17-14-26(18-8-6-5-7-9-18)24-21(17)16-10-11-19(28-3)15(2)12-16/h5-14H,4H2,1-3H3/b20-13-. The van der Waals surface area contributed by atoms with E-state index in [0.29, 0.717) is 15.8 Å². The van der Waals surface area contributed by atoms with E-state index in [4.69, 9.17) is 22.1 Å². The van der Waals surface area contributed by atoms with Gasteiger partial charge >= 0.3 is 0 Å². The van der Waals surface area contributed by atoms with E-state index in [1.807, 2.05) is 79.3 Å². The molecule has 0 radical (unpaired) electrons. The Balaban J connectivity index is 1.84. The predicted molar refractivity (Wildman–Crippen MR) is 126 cm³/mol. The van der Waals surface area contributed by atoms with Gasteiger partial charge in [0.15, 0.2) is 0 Å². The van der Waals surface area contributed by atoms with Crippen LogP contribution in [0.1, 0.15) is 18.1 Å². The lowest BCUT2D eigenvalue weighted by Gasteiger charge is -2.09. The van der Waals surface area contributed by atoms with Crippen molar-refractivity contribution in [1.29, 1.82) is 0 Å². The molecule has 2 aromatic carbocycles. The Labute approximate surface area is 185 Å². The van der Waals surface area contributed by atoms with E-state index >= 15 is 0 Å². The fraction of sp³-hybridized carbons (Fsp3) is 0.174. The Morgan fingerprint density at radius 3 is 2.60 bits per heavy atom. The highest BCUT2D eigenvalue weighted by Crippen LogP contribution is 2.35. The molecule has 0 saturated carbocycles. The third kappa shape index (κ3) is 3.78. The number of para-hydroxylation sites is 1. The molecule has 0 unspecified atom stereocenters. The van der Waals surface area contributed by atoms with Gasteiger partial charge in [0.1, 0.15) is 15.8 Å². The van der Waals surface area contributed by atoms with E-state index in [2.05, 4.69) is 0 Å². The van der Waals surface area contributed by atoms with Gasteiger partial charge < -0.3 is 4.74 Å². The Morgan fingerprint density at radius 1 is 1.20 bits per heavy atom. The highest BCUT2D eigenvalue weighted by molar-refractivity contribution is 8.26. The lowest BCUT2D eigenvalue weighted by Crippen LogP contribution is -2.27. The Hall–Kier alpha value is -2.90. The van der Waals surface area contributed by atoms with Crippen LogP contribution < -0.4 is 4.74 Å². The van der Waals surface area contributed by atoms with Gasteiger partial charge in [0.05, 0.1) is 17.7 Å². The van der Waals surface area contributed by atoms with Crippen LogP contribution >= 0.6 is 24.0 Å². The molecular formula is C23H21N3O2S2. The van der Waals surface area contributed by atoms with Crippen molar-refractivity contribution in [3.8, 4) is 22.7 Å². The second-order valence-electron chi connectivity index (χ2n) is 6.82. The highest BCUT2D eigenvalue weighted by Gasteiger charge is 2.31. The normalized spacial score (nSPS) is 15.3. The first-order chi connectivity index (χ1) is 14.5. The van der Waals surface area contributed by atoms with Crippen LogP contribution in [0.5, 0.6) is 5.75 Å². The van der Waals surface area contributed by atoms with Gasteiger partial charge in [-0.2, -0.15) is 5.10 Å². The van der Waals surface area contributed by atoms with E-state index < -0.39 is 0 Å². The molecule has 0 N–H and O–H groups in total. The van der Waals surface area contributed by atoms with Gasteiger partial charge in [-0.05, 0) is 55.8 Å². The van der Waals surface area contributed by atoms with Crippen molar-refractivity contribution >= 4 is 40.3 Å². The number of amides is 1. The van der Waals surface area contributed by atoms with Crippen molar-refractivity contribution in [2.24, 2.45) is 0 Å². The molecule has 4 rings (SSSR count). The molecule has 1 amide bonds. The predicted octanol–water partition coefficient (Wildman–Crippen LogP) is 5.08. The van der Waals surface area contributed by atoms with Gasteiger partial charge in [-0.3, -0.25) is 9.69 Å². The topological polar surface area (TPSA) is 47.4 Å². The van der Waals surface area contributed by atoms with E-state index in [-0.39, 0.29) is 5.91 Å². The molecule has 0 atom stereocenters. The summed E-state index contributed by atoms with van der Waals surface area (Å²) in [5.41, 5.74) is 4.59. The van der Waals surface area contributed by atoms with Gasteiger partial charge in [-0.15, -0.1) is 0 Å². The fourth-order valence-electron chi connectivity index (χ4n) is 3.37. The molecular weight excluding hydrogens is 414 g/mol. The summed E-state index contributed by atoms with van der Waals surface area (Å²) in [6.07, 6.45) is 3.83. The summed E-state index contributed by atoms with van der Waals surface area (Å²) in [5, 5.41) is 4.84. The number of rotatable bonds is 5. The monoisotopic (exact) mass is 435 g/mol. The summed E-state index contributed by atoms with van der Waals surface area (Å²) in [6.45, 7) is 4.49. The van der Waals surface area contributed by atoms with Crippen molar-refractivity contribution in [2.45, 2.75) is 13.8 Å². The van der Waals surface area contributed by atoms with Crippen molar-refractivity contribution < 1.29 is 9.53 Å². The molecule has 0 aliphatic carbocycles. The number of benzene rings is 2. The number of hydrogen-bond acceptors (Lipinski definition) is 5. The SMILES string of the molecule is CCN1C(=O)/C(=C/c2cn(-c3ccccc3)nc2-c2ccc(OC)c(C)c2)SC1=S. The zero-order valence-electron chi connectivity index (χ0n) is 17.0. The molecule has 1 aliphatic rings. The maximum Gasteiger partial charge on any atom is 0.266 e. The summed E-state index contributed by atoms with van der Waals surface area (Å²) in [4.78, 5) is 14.9. The van der Waals surface area contributed by atoms with Crippen molar-refractivity contribution in [3.05, 3.63) is 70.8 Å².